The summed E-state index contributed by atoms with van der Waals surface area (Å²) >= 11 is 0. The number of carbonyl (C=O) groups is 2. The van der Waals surface area contributed by atoms with Gasteiger partial charge in [-0.2, -0.15) is 0 Å². The summed E-state index contributed by atoms with van der Waals surface area (Å²) < 4.78 is 0. The van der Waals surface area contributed by atoms with Crippen LogP contribution in [0.4, 0.5) is 0 Å². The van der Waals surface area contributed by atoms with Crippen LogP contribution in [0.5, 0.6) is 0 Å². The number of hydrogen-bond acceptors (Lipinski definition) is 3. The molecule has 3 heterocycles. The number of rotatable bonds is 4. The SMILES string of the molecule is Cc1ccc(C(=O)N2CC[C@@]3(CCCN(CCc4ccccc4)C3=O)C2)c(=O)[nH]1. The van der Waals surface area contributed by atoms with Crippen molar-refractivity contribution < 1.29 is 9.59 Å². The molecule has 2 aromatic rings. The van der Waals surface area contributed by atoms with Gasteiger partial charge in [-0.05, 0) is 50.3 Å². The molecule has 1 aromatic heterocycles. The Balaban J connectivity index is 1.45. The number of aromatic nitrogens is 1. The van der Waals surface area contributed by atoms with Crippen LogP contribution in [-0.2, 0) is 11.2 Å². The number of aromatic amines is 1. The number of benzene rings is 1. The summed E-state index contributed by atoms with van der Waals surface area (Å²) in [5.74, 6) is -0.120. The van der Waals surface area contributed by atoms with E-state index in [0.717, 1.165) is 31.5 Å². The first kappa shape index (κ1) is 19.4. The Hall–Kier alpha value is -2.89. The molecule has 6 nitrogen and oxygen atoms in total. The average molecular weight is 393 g/mol. The minimum atomic E-state index is -0.498. The Bertz CT molecular complexity index is 969. The molecule has 6 heteroatoms. The molecule has 0 radical (unpaired) electrons. The molecule has 2 aliphatic heterocycles. The van der Waals surface area contributed by atoms with Crippen LogP contribution in [0.25, 0.3) is 0 Å². The van der Waals surface area contributed by atoms with Crippen molar-refractivity contribution in [2.45, 2.75) is 32.6 Å². The Labute approximate surface area is 170 Å². The number of likely N-dealkylation sites (tertiary alicyclic amines) is 2. The maximum Gasteiger partial charge on any atom is 0.260 e. The van der Waals surface area contributed by atoms with Gasteiger partial charge >= 0.3 is 0 Å². The van der Waals surface area contributed by atoms with E-state index in [2.05, 4.69) is 17.1 Å². The number of amides is 2. The second kappa shape index (κ2) is 7.85. The lowest BCUT2D eigenvalue weighted by atomic mass is 9.78. The van der Waals surface area contributed by atoms with Gasteiger partial charge < -0.3 is 14.8 Å². The molecule has 2 saturated heterocycles. The zero-order chi connectivity index (χ0) is 20.4. The Morgan fingerprint density at radius 3 is 2.62 bits per heavy atom. The number of hydrogen-bond donors (Lipinski definition) is 1. The maximum atomic E-state index is 13.3. The number of nitrogens with zero attached hydrogens (tertiary/aromatic N) is 2. The lowest BCUT2D eigenvalue weighted by molar-refractivity contribution is -0.145. The third-order valence-electron chi connectivity index (χ3n) is 6.26. The molecule has 1 aromatic carbocycles. The van der Waals surface area contributed by atoms with E-state index in [0.29, 0.717) is 26.1 Å². The third kappa shape index (κ3) is 3.84. The standard InChI is InChI=1S/C23H27N3O3/c1-17-8-9-19(20(27)24-17)21(28)26-15-12-23(16-26)11-5-13-25(22(23)29)14-10-18-6-3-2-4-7-18/h2-4,6-9H,5,10-16H2,1H3,(H,24,27)/t23-/m0/s1. The molecular weight excluding hydrogens is 366 g/mol. The molecule has 0 saturated carbocycles. The fraction of sp³-hybridized carbons (Fsp3) is 0.435. The van der Waals surface area contributed by atoms with Crippen molar-refractivity contribution >= 4 is 11.8 Å². The summed E-state index contributed by atoms with van der Waals surface area (Å²) in [5, 5.41) is 0. The van der Waals surface area contributed by atoms with E-state index >= 15 is 0 Å². The zero-order valence-corrected chi connectivity index (χ0v) is 16.8. The molecule has 2 amide bonds. The second-order valence-corrected chi connectivity index (χ2v) is 8.27. The zero-order valence-electron chi connectivity index (χ0n) is 16.8. The summed E-state index contributed by atoms with van der Waals surface area (Å²) in [6.45, 7) is 4.19. The minimum Gasteiger partial charge on any atom is -0.342 e. The average Bonchev–Trinajstić information content (AvgIpc) is 3.15. The smallest absolute Gasteiger partial charge is 0.260 e. The topological polar surface area (TPSA) is 73.5 Å². The van der Waals surface area contributed by atoms with E-state index < -0.39 is 5.41 Å². The molecule has 1 N–H and O–H groups in total. The number of piperidine rings is 1. The van der Waals surface area contributed by atoms with Gasteiger partial charge in [0.2, 0.25) is 5.91 Å². The van der Waals surface area contributed by atoms with E-state index in [1.165, 1.54) is 5.56 Å². The van der Waals surface area contributed by atoms with Gasteiger partial charge in [-0.15, -0.1) is 0 Å². The highest BCUT2D eigenvalue weighted by Gasteiger charge is 2.49. The van der Waals surface area contributed by atoms with Gasteiger partial charge in [0.1, 0.15) is 5.56 Å². The maximum absolute atomic E-state index is 13.3. The van der Waals surface area contributed by atoms with Gasteiger partial charge in [-0.1, -0.05) is 30.3 Å². The van der Waals surface area contributed by atoms with Gasteiger partial charge in [-0.25, -0.2) is 0 Å². The molecule has 0 bridgehead atoms. The van der Waals surface area contributed by atoms with Crippen LogP contribution in [0.2, 0.25) is 0 Å². The van der Waals surface area contributed by atoms with E-state index in [1.807, 2.05) is 23.1 Å². The number of pyridine rings is 1. The van der Waals surface area contributed by atoms with Crippen LogP contribution in [0.3, 0.4) is 0 Å². The van der Waals surface area contributed by atoms with Gasteiger partial charge in [-0.3, -0.25) is 14.4 Å². The highest BCUT2D eigenvalue weighted by Crippen LogP contribution is 2.40. The normalized spacial score (nSPS) is 21.8. The Morgan fingerprint density at radius 1 is 1.07 bits per heavy atom. The second-order valence-electron chi connectivity index (χ2n) is 8.27. The van der Waals surface area contributed by atoms with Crippen molar-refractivity contribution in [3.8, 4) is 0 Å². The molecule has 0 aliphatic carbocycles. The van der Waals surface area contributed by atoms with E-state index in [9.17, 15) is 14.4 Å². The first-order valence-corrected chi connectivity index (χ1v) is 10.3. The summed E-state index contributed by atoms with van der Waals surface area (Å²) in [7, 11) is 0. The molecule has 4 rings (SSSR count). The summed E-state index contributed by atoms with van der Waals surface area (Å²) in [6, 6.07) is 13.5. The first-order chi connectivity index (χ1) is 14.0. The molecular formula is C23H27N3O3. The van der Waals surface area contributed by atoms with Crippen molar-refractivity contribution in [2.24, 2.45) is 5.41 Å². The monoisotopic (exact) mass is 393 g/mol. The molecule has 2 fully saturated rings. The first-order valence-electron chi connectivity index (χ1n) is 10.3. The van der Waals surface area contributed by atoms with Crippen molar-refractivity contribution in [3.63, 3.8) is 0 Å². The summed E-state index contributed by atoms with van der Waals surface area (Å²) in [6.07, 6.45) is 3.27. The molecule has 2 aliphatic rings. The lowest BCUT2D eigenvalue weighted by Crippen LogP contribution is -2.51. The van der Waals surface area contributed by atoms with Gasteiger partial charge in [0, 0.05) is 31.9 Å². The highest BCUT2D eigenvalue weighted by atomic mass is 16.2. The number of aryl methyl sites for hydroxylation is 1. The van der Waals surface area contributed by atoms with Crippen LogP contribution in [0, 0.1) is 12.3 Å². The molecule has 1 spiro atoms. The minimum absolute atomic E-state index is 0.150. The van der Waals surface area contributed by atoms with E-state index in [-0.39, 0.29) is 22.9 Å². The molecule has 152 valence electrons. The van der Waals surface area contributed by atoms with Crippen LogP contribution in [0.1, 0.15) is 40.9 Å². The summed E-state index contributed by atoms with van der Waals surface area (Å²) in [5.41, 5.74) is 1.23. The van der Waals surface area contributed by atoms with Crippen LogP contribution in [-0.4, -0.2) is 52.8 Å². The lowest BCUT2D eigenvalue weighted by Gasteiger charge is -2.39. The van der Waals surface area contributed by atoms with Crippen molar-refractivity contribution in [3.05, 3.63) is 69.6 Å². The van der Waals surface area contributed by atoms with Gasteiger partial charge in [0.05, 0.1) is 5.41 Å². The predicted molar refractivity (Wildman–Crippen MR) is 111 cm³/mol. The highest BCUT2D eigenvalue weighted by molar-refractivity contribution is 5.95. The molecule has 0 unspecified atom stereocenters. The Morgan fingerprint density at radius 2 is 1.86 bits per heavy atom. The molecule has 1 atom stereocenters. The molecule has 29 heavy (non-hydrogen) atoms. The van der Waals surface area contributed by atoms with E-state index in [1.54, 1.807) is 24.0 Å². The van der Waals surface area contributed by atoms with E-state index in [4.69, 9.17) is 0 Å². The number of carbonyl (C=O) groups excluding carboxylic acids is 2. The number of nitrogens with one attached hydrogen (secondary N) is 1. The fourth-order valence-corrected chi connectivity index (χ4v) is 4.61. The largest absolute Gasteiger partial charge is 0.342 e. The summed E-state index contributed by atoms with van der Waals surface area (Å²) in [4.78, 5) is 44.7. The van der Waals surface area contributed by atoms with Crippen molar-refractivity contribution in [2.75, 3.05) is 26.2 Å². The quantitative estimate of drug-likeness (QED) is 0.867. The van der Waals surface area contributed by atoms with Gasteiger partial charge in [0.15, 0.2) is 0 Å². The van der Waals surface area contributed by atoms with Crippen LogP contribution in [0.15, 0.2) is 47.3 Å². The fourth-order valence-electron chi connectivity index (χ4n) is 4.61. The Kier molecular flexibility index (Phi) is 5.26. The third-order valence-corrected chi connectivity index (χ3v) is 6.26. The van der Waals surface area contributed by atoms with Crippen molar-refractivity contribution in [1.82, 2.24) is 14.8 Å². The van der Waals surface area contributed by atoms with Gasteiger partial charge in [0.25, 0.3) is 11.5 Å². The predicted octanol–water partition coefficient (Wildman–Crippen LogP) is 2.38. The number of H-pyrrole nitrogens is 1. The van der Waals surface area contributed by atoms with Crippen LogP contribution < -0.4 is 5.56 Å². The van der Waals surface area contributed by atoms with Crippen molar-refractivity contribution in [1.29, 1.82) is 0 Å². The van der Waals surface area contributed by atoms with Crippen LogP contribution >= 0.6 is 0 Å².